The van der Waals surface area contributed by atoms with E-state index in [4.69, 9.17) is 5.11 Å². The highest BCUT2D eigenvalue weighted by Crippen LogP contribution is 2.21. The number of piperazine rings is 1. The lowest BCUT2D eigenvalue weighted by Crippen LogP contribution is -2.48. The van der Waals surface area contributed by atoms with Crippen molar-refractivity contribution >= 4 is 30.9 Å². The molecule has 1 heterocycles. The number of amides is 1. The largest absolute Gasteiger partial charge is 0.465 e. The van der Waals surface area contributed by atoms with Crippen molar-refractivity contribution in [1.82, 2.24) is 10.2 Å². The number of nitrogens with one attached hydrogen (secondary N) is 1. The van der Waals surface area contributed by atoms with Gasteiger partial charge in [-0.2, -0.15) is 0 Å². The van der Waals surface area contributed by atoms with E-state index in [0.717, 1.165) is 12.1 Å². The van der Waals surface area contributed by atoms with Gasteiger partial charge >= 0.3 is 6.09 Å². The summed E-state index contributed by atoms with van der Waals surface area (Å²) < 4.78 is 0. The molecule has 1 aliphatic rings. The summed E-state index contributed by atoms with van der Waals surface area (Å²) in [6, 6.07) is 9.68. The van der Waals surface area contributed by atoms with E-state index in [9.17, 15) is 4.79 Å². The van der Waals surface area contributed by atoms with Crippen LogP contribution in [0.3, 0.4) is 0 Å². The maximum Gasteiger partial charge on any atom is 0.407 e. The molecule has 96 valence electrons. The zero-order chi connectivity index (χ0) is 10.7. The molecule has 2 rings (SSSR count). The van der Waals surface area contributed by atoms with Crippen LogP contribution >= 0.6 is 24.8 Å². The Balaban J connectivity index is 0.00000128. The lowest BCUT2D eigenvalue weighted by atomic mass is 10.0. The Morgan fingerprint density at radius 1 is 1.29 bits per heavy atom. The third-order valence-corrected chi connectivity index (χ3v) is 2.67. The van der Waals surface area contributed by atoms with E-state index in [2.05, 4.69) is 5.32 Å². The van der Waals surface area contributed by atoms with Crippen LogP contribution in [0.15, 0.2) is 30.3 Å². The number of hydrogen-bond donors (Lipinski definition) is 2. The molecule has 0 saturated carbocycles. The molecule has 1 fully saturated rings. The van der Waals surface area contributed by atoms with Crippen molar-refractivity contribution in [3.8, 4) is 0 Å². The molecule has 2 N–H and O–H groups in total. The van der Waals surface area contributed by atoms with Crippen molar-refractivity contribution in [3.05, 3.63) is 35.9 Å². The van der Waals surface area contributed by atoms with Crippen LogP contribution in [0, 0.1) is 0 Å². The van der Waals surface area contributed by atoms with Crippen molar-refractivity contribution in [2.24, 2.45) is 0 Å². The quantitative estimate of drug-likeness (QED) is 0.828. The fraction of sp³-hybridized carbons (Fsp3) is 0.364. The number of carboxylic acid groups (broad SMARTS) is 1. The molecule has 4 nitrogen and oxygen atoms in total. The van der Waals surface area contributed by atoms with E-state index in [1.54, 1.807) is 0 Å². The molecule has 0 bridgehead atoms. The second-order valence-electron chi connectivity index (χ2n) is 3.61. The van der Waals surface area contributed by atoms with Gasteiger partial charge < -0.3 is 10.4 Å². The lowest BCUT2D eigenvalue weighted by molar-refractivity contribution is 0.112. The highest BCUT2D eigenvalue weighted by atomic mass is 35.5. The molecule has 1 aliphatic heterocycles. The highest BCUT2D eigenvalue weighted by Gasteiger charge is 2.26. The van der Waals surface area contributed by atoms with Gasteiger partial charge in [-0.3, -0.25) is 4.90 Å². The minimum absolute atomic E-state index is 0. The molecule has 1 amide bonds. The van der Waals surface area contributed by atoms with E-state index in [-0.39, 0.29) is 30.9 Å². The molecule has 1 atom stereocenters. The van der Waals surface area contributed by atoms with Crippen molar-refractivity contribution in [2.75, 3.05) is 19.6 Å². The molecule has 0 spiro atoms. The van der Waals surface area contributed by atoms with Gasteiger partial charge in [0.25, 0.3) is 0 Å². The summed E-state index contributed by atoms with van der Waals surface area (Å²) >= 11 is 0. The normalized spacial score (nSPS) is 18.8. The smallest absolute Gasteiger partial charge is 0.407 e. The van der Waals surface area contributed by atoms with Crippen LogP contribution in [0.5, 0.6) is 0 Å². The first-order chi connectivity index (χ1) is 7.29. The van der Waals surface area contributed by atoms with E-state index in [1.165, 1.54) is 4.90 Å². The number of halogens is 2. The maximum absolute atomic E-state index is 11.0. The fourth-order valence-electron chi connectivity index (χ4n) is 1.91. The van der Waals surface area contributed by atoms with Gasteiger partial charge in [-0.25, -0.2) is 4.79 Å². The first-order valence-electron chi connectivity index (χ1n) is 5.04. The van der Waals surface area contributed by atoms with Crippen LogP contribution in [0.4, 0.5) is 4.79 Å². The van der Waals surface area contributed by atoms with Gasteiger partial charge in [0.1, 0.15) is 0 Å². The average molecular weight is 279 g/mol. The van der Waals surface area contributed by atoms with Gasteiger partial charge in [-0.15, -0.1) is 24.8 Å². The molecule has 6 heteroatoms. The summed E-state index contributed by atoms with van der Waals surface area (Å²) in [6.07, 6.45) is -0.842. The summed E-state index contributed by atoms with van der Waals surface area (Å²) in [6.45, 7) is 1.97. The molecule has 0 radical (unpaired) electrons. The van der Waals surface area contributed by atoms with Crippen LogP contribution in [0.1, 0.15) is 11.6 Å². The standard InChI is InChI=1S/C11H14N2O2.2ClH/c14-11(15)13-7-6-12-8-10(13)9-4-2-1-3-5-9;;/h1-5,10,12H,6-8H2,(H,14,15);2*1H. The Labute approximate surface area is 113 Å². The van der Waals surface area contributed by atoms with E-state index < -0.39 is 6.09 Å². The van der Waals surface area contributed by atoms with Gasteiger partial charge in [0.15, 0.2) is 0 Å². The Bertz CT molecular complexity index is 349. The molecule has 1 aromatic rings. The van der Waals surface area contributed by atoms with Crippen molar-refractivity contribution < 1.29 is 9.90 Å². The van der Waals surface area contributed by atoms with Gasteiger partial charge in [0, 0.05) is 19.6 Å². The number of benzene rings is 1. The molecule has 0 aromatic heterocycles. The summed E-state index contributed by atoms with van der Waals surface area (Å²) in [7, 11) is 0. The number of rotatable bonds is 1. The number of nitrogens with zero attached hydrogens (tertiary/aromatic N) is 1. The predicted octanol–water partition coefficient (Wildman–Crippen LogP) is 2.15. The predicted molar refractivity (Wildman–Crippen MR) is 71.3 cm³/mol. The Morgan fingerprint density at radius 2 is 1.94 bits per heavy atom. The molecule has 1 aromatic carbocycles. The zero-order valence-corrected chi connectivity index (χ0v) is 10.8. The van der Waals surface area contributed by atoms with E-state index in [1.807, 2.05) is 30.3 Å². The molecule has 17 heavy (non-hydrogen) atoms. The lowest BCUT2D eigenvalue weighted by Gasteiger charge is -2.34. The molecule has 1 unspecified atom stereocenters. The van der Waals surface area contributed by atoms with E-state index >= 15 is 0 Å². The van der Waals surface area contributed by atoms with Crippen LogP contribution in [-0.2, 0) is 0 Å². The van der Waals surface area contributed by atoms with Crippen molar-refractivity contribution in [1.29, 1.82) is 0 Å². The van der Waals surface area contributed by atoms with Gasteiger partial charge in [-0.05, 0) is 5.56 Å². The SMILES string of the molecule is Cl.Cl.O=C(O)N1CCNCC1c1ccccc1. The second kappa shape index (κ2) is 7.37. The topological polar surface area (TPSA) is 52.6 Å². The van der Waals surface area contributed by atoms with Crippen molar-refractivity contribution in [2.45, 2.75) is 6.04 Å². The first-order valence-corrected chi connectivity index (χ1v) is 5.04. The van der Waals surface area contributed by atoms with Crippen LogP contribution in [0.25, 0.3) is 0 Å². The molecular weight excluding hydrogens is 263 g/mol. The van der Waals surface area contributed by atoms with Gasteiger partial charge in [0.05, 0.1) is 6.04 Å². The summed E-state index contributed by atoms with van der Waals surface area (Å²) in [5.41, 5.74) is 1.05. The third-order valence-electron chi connectivity index (χ3n) is 2.67. The molecular formula is C11H16Cl2N2O2. The summed E-state index contributed by atoms with van der Waals surface area (Å²) in [4.78, 5) is 12.5. The second-order valence-corrected chi connectivity index (χ2v) is 3.61. The van der Waals surface area contributed by atoms with Gasteiger partial charge in [0.2, 0.25) is 0 Å². The van der Waals surface area contributed by atoms with E-state index in [0.29, 0.717) is 13.1 Å². The van der Waals surface area contributed by atoms with Crippen LogP contribution in [-0.4, -0.2) is 35.7 Å². The summed E-state index contributed by atoms with van der Waals surface area (Å²) in [5.74, 6) is 0. The number of carbonyl (C=O) groups is 1. The first kappa shape index (κ1) is 16.0. The summed E-state index contributed by atoms with van der Waals surface area (Å²) in [5, 5.41) is 12.3. The van der Waals surface area contributed by atoms with Crippen molar-refractivity contribution in [3.63, 3.8) is 0 Å². The van der Waals surface area contributed by atoms with Crippen LogP contribution in [0.2, 0.25) is 0 Å². The van der Waals surface area contributed by atoms with Crippen LogP contribution < -0.4 is 5.32 Å². The minimum atomic E-state index is -0.842. The zero-order valence-electron chi connectivity index (χ0n) is 9.20. The Hall–Kier alpha value is -0.970. The highest BCUT2D eigenvalue weighted by molar-refractivity contribution is 5.85. The monoisotopic (exact) mass is 278 g/mol. The Kier molecular flexibility index (Phi) is 6.95. The maximum atomic E-state index is 11.0. The average Bonchev–Trinajstić information content (AvgIpc) is 2.30. The Morgan fingerprint density at radius 3 is 2.53 bits per heavy atom. The van der Waals surface area contributed by atoms with Gasteiger partial charge in [-0.1, -0.05) is 30.3 Å². The number of hydrogen-bond acceptors (Lipinski definition) is 2. The molecule has 1 saturated heterocycles. The molecule has 0 aliphatic carbocycles. The fourth-order valence-corrected chi connectivity index (χ4v) is 1.91. The third kappa shape index (κ3) is 3.77. The minimum Gasteiger partial charge on any atom is -0.465 e.